The molecule has 0 aliphatic carbocycles. The fourth-order valence-electron chi connectivity index (χ4n) is 2.18. The molecule has 0 aliphatic heterocycles. The summed E-state index contributed by atoms with van der Waals surface area (Å²) in [5, 5.41) is 0.177. The van der Waals surface area contributed by atoms with Crippen molar-refractivity contribution in [1.82, 2.24) is 15.2 Å². The Morgan fingerprint density at radius 2 is 1.76 bits per heavy atom. The molecule has 2 rings (SSSR count). The van der Waals surface area contributed by atoms with Gasteiger partial charge in [0.2, 0.25) is 0 Å². The monoisotopic (exact) mass is 382 g/mol. The molecule has 0 aliphatic rings. The smallest absolute Gasteiger partial charge is 0.266 e. The average Bonchev–Trinajstić information content (AvgIpc) is 2.62. The van der Waals surface area contributed by atoms with Crippen LogP contribution in [0.5, 0.6) is 0 Å². The molecule has 1 heterocycles. The van der Waals surface area contributed by atoms with E-state index < -0.39 is 15.9 Å². The molecule has 0 atom stereocenters. The number of rotatable bonds is 7. The van der Waals surface area contributed by atoms with Gasteiger partial charge in [0, 0.05) is 30.5 Å². The maximum atomic E-state index is 12.1. The van der Waals surface area contributed by atoms with Gasteiger partial charge in [0.05, 0.1) is 0 Å². The lowest BCUT2D eigenvalue weighted by Gasteiger charge is -2.21. The molecule has 1 aromatic carbocycles. The Balaban J connectivity index is 2.03. The van der Waals surface area contributed by atoms with Gasteiger partial charge in [-0.15, -0.1) is 4.83 Å². The lowest BCUT2D eigenvalue weighted by atomic mass is 10.2. The van der Waals surface area contributed by atoms with Crippen LogP contribution in [0, 0.1) is 0 Å². The van der Waals surface area contributed by atoms with Crippen molar-refractivity contribution < 1.29 is 13.2 Å². The van der Waals surface area contributed by atoms with E-state index in [0.29, 0.717) is 5.56 Å². The topological polar surface area (TPSA) is 91.4 Å². The molecule has 1 aromatic heterocycles. The van der Waals surface area contributed by atoms with Crippen molar-refractivity contribution in [2.75, 3.05) is 18.0 Å². The Bertz CT molecular complexity index is 819. The Morgan fingerprint density at radius 3 is 2.28 bits per heavy atom. The summed E-state index contributed by atoms with van der Waals surface area (Å²) in [6, 6.07) is 9.56. The number of sulfonamides is 1. The Hall–Kier alpha value is -2.16. The highest BCUT2D eigenvalue weighted by Crippen LogP contribution is 2.15. The first-order chi connectivity index (χ1) is 11.9. The number of hydrazine groups is 1. The van der Waals surface area contributed by atoms with Gasteiger partial charge in [-0.1, -0.05) is 11.6 Å². The number of hydrogen-bond donors (Lipinski definition) is 2. The van der Waals surface area contributed by atoms with Gasteiger partial charge in [0.25, 0.3) is 15.9 Å². The molecule has 2 aromatic rings. The first-order valence-corrected chi connectivity index (χ1v) is 9.52. The lowest BCUT2D eigenvalue weighted by molar-refractivity contribution is 0.0945. The summed E-state index contributed by atoms with van der Waals surface area (Å²) in [5.74, 6) is -0.559. The van der Waals surface area contributed by atoms with Gasteiger partial charge in [-0.2, -0.15) is 0 Å². The summed E-state index contributed by atoms with van der Waals surface area (Å²) in [6.45, 7) is 5.81. The number of hydrogen-bond acceptors (Lipinski definition) is 5. The summed E-state index contributed by atoms with van der Waals surface area (Å²) < 4.78 is 24.2. The summed E-state index contributed by atoms with van der Waals surface area (Å²) in [4.78, 5) is 19.9. The highest BCUT2D eigenvalue weighted by atomic mass is 35.5. The Morgan fingerprint density at radius 1 is 1.12 bits per heavy atom. The zero-order chi connectivity index (χ0) is 18.4. The van der Waals surface area contributed by atoms with E-state index in [1.807, 2.05) is 30.8 Å². The minimum Gasteiger partial charge on any atom is -0.372 e. The maximum Gasteiger partial charge on any atom is 0.266 e. The molecule has 0 bridgehead atoms. The second-order valence-corrected chi connectivity index (χ2v) is 7.17. The van der Waals surface area contributed by atoms with Crippen molar-refractivity contribution in [3.8, 4) is 0 Å². The minimum atomic E-state index is -3.92. The van der Waals surface area contributed by atoms with Crippen LogP contribution in [-0.4, -0.2) is 32.4 Å². The zero-order valence-electron chi connectivity index (χ0n) is 13.9. The van der Waals surface area contributed by atoms with E-state index in [2.05, 4.69) is 15.3 Å². The Labute approximate surface area is 152 Å². The van der Waals surface area contributed by atoms with E-state index >= 15 is 0 Å². The number of amides is 1. The largest absolute Gasteiger partial charge is 0.372 e. The second-order valence-electron chi connectivity index (χ2n) is 5.10. The number of nitrogens with zero attached hydrogens (tertiary/aromatic N) is 2. The third kappa shape index (κ3) is 4.91. The molecular weight excluding hydrogens is 364 g/mol. The van der Waals surface area contributed by atoms with Crippen molar-refractivity contribution in [3.05, 3.63) is 53.3 Å². The molecule has 134 valence electrons. The number of pyridine rings is 1. The second kappa shape index (κ2) is 8.28. The molecule has 0 spiro atoms. The fourth-order valence-corrected chi connectivity index (χ4v) is 3.07. The van der Waals surface area contributed by atoms with E-state index in [-0.39, 0.29) is 10.0 Å². The highest BCUT2D eigenvalue weighted by molar-refractivity contribution is 7.89. The van der Waals surface area contributed by atoms with Crippen molar-refractivity contribution in [2.45, 2.75) is 18.7 Å². The van der Waals surface area contributed by atoms with Gasteiger partial charge >= 0.3 is 0 Å². The standard InChI is InChI=1S/C16H19ClN4O3S/c1-3-21(4-2)13-7-5-12(6-8-13)16(22)19-20-25(23,24)14-9-10-15(17)18-11-14/h5-11,20H,3-4H2,1-2H3,(H,19,22). The van der Waals surface area contributed by atoms with Gasteiger partial charge < -0.3 is 4.90 Å². The van der Waals surface area contributed by atoms with E-state index in [0.717, 1.165) is 25.0 Å². The molecule has 7 nitrogen and oxygen atoms in total. The number of benzene rings is 1. The first-order valence-electron chi connectivity index (χ1n) is 7.66. The quantitative estimate of drug-likeness (QED) is 0.565. The minimum absolute atomic E-state index is 0.103. The van der Waals surface area contributed by atoms with Crippen molar-refractivity contribution in [3.63, 3.8) is 0 Å². The van der Waals surface area contributed by atoms with Crippen LogP contribution >= 0.6 is 11.6 Å². The molecule has 0 fully saturated rings. The van der Waals surface area contributed by atoms with Crippen LogP contribution in [0.1, 0.15) is 24.2 Å². The lowest BCUT2D eigenvalue weighted by Crippen LogP contribution is -2.41. The maximum absolute atomic E-state index is 12.1. The van der Waals surface area contributed by atoms with Crippen LogP contribution < -0.4 is 15.2 Å². The van der Waals surface area contributed by atoms with Gasteiger partial charge in [0.15, 0.2) is 0 Å². The molecule has 9 heteroatoms. The zero-order valence-corrected chi connectivity index (χ0v) is 15.4. The van der Waals surface area contributed by atoms with Crippen LogP contribution in [0.25, 0.3) is 0 Å². The van der Waals surface area contributed by atoms with Gasteiger partial charge in [-0.3, -0.25) is 10.2 Å². The number of halogens is 1. The summed E-state index contributed by atoms with van der Waals surface area (Å²) in [6.07, 6.45) is 1.11. The van der Waals surface area contributed by atoms with Gasteiger partial charge in [0.1, 0.15) is 10.0 Å². The predicted molar refractivity (Wildman–Crippen MR) is 97.0 cm³/mol. The molecule has 1 amide bonds. The van der Waals surface area contributed by atoms with E-state index in [1.165, 1.54) is 12.1 Å². The molecule has 25 heavy (non-hydrogen) atoms. The first kappa shape index (κ1) is 19.2. The van der Waals surface area contributed by atoms with E-state index in [4.69, 9.17) is 11.6 Å². The van der Waals surface area contributed by atoms with Gasteiger partial charge in [-0.05, 0) is 50.2 Å². The van der Waals surface area contributed by atoms with Crippen molar-refractivity contribution in [2.24, 2.45) is 0 Å². The normalized spacial score (nSPS) is 11.2. The van der Waals surface area contributed by atoms with Crippen molar-refractivity contribution >= 4 is 33.2 Å². The molecule has 2 N–H and O–H groups in total. The van der Waals surface area contributed by atoms with E-state index in [1.54, 1.807) is 12.1 Å². The van der Waals surface area contributed by atoms with Crippen LogP contribution in [0.15, 0.2) is 47.5 Å². The fraction of sp³-hybridized carbons (Fsp3) is 0.250. The Kier molecular flexibility index (Phi) is 6.35. The van der Waals surface area contributed by atoms with Crippen LogP contribution in [0.4, 0.5) is 5.69 Å². The van der Waals surface area contributed by atoms with Crippen LogP contribution in [0.3, 0.4) is 0 Å². The third-order valence-electron chi connectivity index (χ3n) is 3.57. The van der Waals surface area contributed by atoms with Crippen LogP contribution in [0.2, 0.25) is 5.15 Å². The molecule has 0 unspecified atom stereocenters. The number of nitrogens with one attached hydrogen (secondary N) is 2. The molecule has 0 saturated carbocycles. The molecule has 0 radical (unpaired) electrons. The van der Waals surface area contributed by atoms with E-state index in [9.17, 15) is 13.2 Å². The summed E-state index contributed by atoms with van der Waals surface area (Å²) in [5.41, 5.74) is 3.51. The average molecular weight is 383 g/mol. The highest BCUT2D eigenvalue weighted by Gasteiger charge is 2.16. The number of aromatic nitrogens is 1. The van der Waals surface area contributed by atoms with Crippen LogP contribution in [-0.2, 0) is 10.0 Å². The molecule has 0 saturated heterocycles. The number of anilines is 1. The summed E-state index contributed by atoms with van der Waals surface area (Å²) >= 11 is 5.63. The number of carbonyl (C=O) groups excluding carboxylic acids is 1. The molecular formula is C16H19ClN4O3S. The van der Waals surface area contributed by atoms with Crippen molar-refractivity contribution in [1.29, 1.82) is 0 Å². The number of carbonyl (C=O) groups is 1. The SMILES string of the molecule is CCN(CC)c1ccc(C(=O)NNS(=O)(=O)c2ccc(Cl)nc2)cc1. The predicted octanol–water partition coefficient (Wildman–Crippen LogP) is 2.20. The van der Waals surface area contributed by atoms with Gasteiger partial charge in [-0.25, -0.2) is 13.4 Å². The summed E-state index contributed by atoms with van der Waals surface area (Å²) in [7, 11) is -3.92. The third-order valence-corrected chi connectivity index (χ3v) is 5.02.